The molecule has 0 spiro atoms. The van der Waals surface area contributed by atoms with Crippen LogP contribution in [-0.4, -0.2) is 23.3 Å². The Hall–Kier alpha value is -12.8. The van der Waals surface area contributed by atoms with E-state index in [1.54, 1.807) is 0 Å². The lowest BCUT2D eigenvalue weighted by atomic mass is 9.97. The third-order valence-electron chi connectivity index (χ3n) is 19.0. The number of para-hydroxylation sites is 6. The van der Waals surface area contributed by atoms with Crippen LogP contribution in [-0.2, 0) is 0 Å². The van der Waals surface area contributed by atoms with Crippen LogP contribution in [0.25, 0.3) is 177 Å². The number of hydrogen-bond donors (Lipinski definition) is 0. The van der Waals surface area contributed by atoms with Crippen molar-refractivity contribution in [3.63, 3.8) is 0 Å². The maximum absolute atomic E-state index is 13.1. The molecule has 5 aromatic heterocycles. The number of fused-ring (bicyclic) bond motifs is 13. The molecule has 19 rings (SSSR count). The topological polar surface area (TPSA) is 69.5 Å². The summed E-state index contributed by atoms with van der Waals surface area (Å²) in [5, 5.41) is 21.6. The van der Waals surface area contributed by atoms with Gasteiger partial charge in [-0.1, -0.05) is 231 Å². The molecule has 0 atom stereocenters. The lowest BCUT2D eigenvalue weighted by Crippen LogP contribution is -2.17. The van der Waals surface area contributed by atoms with Crippen molar-refractivity contribution in [1.29, 1.82) is 5.26 Å². The van der Waals surface area contributed by atoms with Crippen molar-refractivity contribution >= 4 is 98.3 Å². The Balaban J connectivity index is 1.10. The van der Waals surface area contributed by atoms with Gasteiger partial charge in [0.15, 0.2) is 5.58 Å². The summed E-state index contributed by atoms with van der Waals surface area (Å²) in [5.41, 5.74) is 21.7. The third kappa shape index (κ3) is 7.92. The molecule has 0 bridgehead atoms. The first-order valence-corrected chi connectivity index (χ1v) is 31.5. The van der Waals surface area contributed by atoms with Crippen LogP contribution in [0.5, 0.6) is 0 Å². The molecule has 0 aliphatic rings. The van der Waals surface area contributed by atoms with E-state index < -0.39 is 0 Å². The number of nitrogens with zero attached hydrogens (tertiary/aromatic N) is 6. The lowest BCUT2D eigenvalue weighted by Gasteiger charge is -2.28. The summed E-state index contributed by atoms with van der Waals surface area (Å²) in [6.45, 7) is 0. The van der Waals surface area contributed by atoms with Gasteiger partial charge in [0.2, 0.25) is 5.89 Å². The van der Waals surface area contributed by atoms with E-state index in [0.717, 1.165) is 149 Å². The zero-order chi connectivity index (χ0) is 61.3. The molecule has 19 aromatic rings. The zero-order valence-electron chi connectivity index (χ0n) is 50.1. The lowest BCUT2D eigenvalue weighted by molar-refractivity contribution is 0.619. The molecular weight excluding hydrogens is 1130 g/mol. The highest BCUT2D eigenvalue weighted by Gasteiger charge is 2.37. The predicted molar refractivity (Wildman–Crippen MR) is 383 cm³/mol. The van der Waals surface area contributed by atoms with Crippen LogP contribution >= 0.6 is 0 Å². The van der Waals surface area contributed by atoms with Crippen LogP contribution < -0.4 is 0 Å². The highest BCUT2D eigenvalue weighted by molar-refractivity contribution is 6.18. The van der Waals surface area contributed by atoms with Gasteiger partial charge in [-0.05, 0) is 129 Å². The van der Waals surface area contributed by atoms with E-state index in [9.17, 15) is 5.26 Å². The van der Waals surface area contributed by atoms with Crippen LogP contribution in [0.1, 0.15) is 5.56 Å². The summed E-state index contributed by atoms with van der Waals surface area (Å²) >= 11 is 0. The van der Waals surface area contributed by atoms with Crippen LogP contribution in [0.3, 0.4) is 0 Å². The second-order valence-corrected chi connectivity index (χ2v) is 24.0. The van der Waals surface area contributed by atoms with Gasteiger partial charge in [-0.25, -0.2) is 4.98 Å². The van der Waals surface area contributed by atoms with Gasteiger partial charge in [-0.3, -0.25) is 0 Å². The summed E-state index contributed by atoms with van der Waals surface area (Å²) in [5.74, 6) is 0.317. The van der Waals surface area contributed by atoms with Crippen LogP contribution in [0.4, 0.5) is 0 Å². The molecule has 0 N–H and O–H groups in total. The Morgan fingerprint density at radius 1 is 0.258 bits per heavy atom. The van der Waals surface area contributed by atoms with Crippen molar-refractivity contribution in [1.82, 2.24) is 23.3 Å². The van der Waals surface area contributed by atoms with Crippen molar-refractivity contribution in [3.05, 3.63) is 321 Å². The molecule has 0 radical (unpaired) electrons. The SMILES string of the molecule is N#Cc1c(-c2nc3ccccc3o2)c(-n2c3ccccc3c3cc(-c4ccccc4)ccc32)c(-n2c3ccccc3c3cc(-c4ccccc4)ccc32)c(-n2c3ccccc3c3cc(-c4ccccc4)ccc32)c1-n1c2ccccc2c2cc(-c3ccccc3)ccc21. The Morgan fingerprint density at radius 3 is 0.903 bits per heavy atom. The van der Waals surface area contributed by atoms with E-state index in [-0.39, 0.29) is 0 Å². The van der Waals surface area contributed by atoms with E-state index >= 15 is 0 Å². The summed E-state index contributed by atoms with van der Waals surface area (Å²) in [6.07, 6.45) is 0. The fourth-order valence-corrected chi connectivity index (χ4v) is 14.9. The second kappa shape index (κ2) is 20.7. The third-order valence-corrected chi connectivity index (χ3v) is 19.0. The molecule has 0 unspecified atom stereocenters. The largest absolute Gasteiger partial charge is 0.436 e. The van der Waals surface area contributed by atoms with E-state index in [2.05, 4.69) is 316 Å². The van der Waals surface area contributed by atoms with Crippen molar-refractivity contribution in [3.8, 4) is 84.8 Å². The second-order valence-electron chi connectivity index (χ2n) is 24.0. The van der Waals surface area contributed by atoms with Gasteiger partial charge in [-0.15, -0.1) is 0 Å². The minimum atomic E-state index is 0.317. The highest BCUT2D eigenvalue weighted by atomic mass is 16.3. The quantitative estimate of drug-likeness (QED) is 0.145. The Labute approximate surface area is 534 Å². The summed E-state index contributed by atoms with van der Waals surface area (Å²) in [4.78, 5) is 5.53. The predicted octanol–water partition coefficient (Wildman–Crippen LogP) is 22.4. The Kier molecular flexibility index (Phi) is 11.6. The van der Waals surface area contributed by atoms with E-state index in [1.165, 1.54) is 0 Å². The van der Waals surface area contributed by atoms with Gasteiger partial charge in [0.1, 0.15) is 11.6 Å². The molecule has 7 nitrogen and oxygen atoms in total. The fraction of sp³-hybridized carbons (Fsp3) is 0. The smallest absolute Gasteiger partial charge is 0.230 e. The normalized spacial score (nSPS) is 11.9. The van der Waals surface area contributed by atoms with Crippen LogP contribution in [0.15, 0.2) is 320 Å². The van der Waals surface area contributed by atoms with Crippen LogP contribution in [0, 0.1) is 11.3 Å². The summed E-state index contributed by atoms with van der Waals surface area (Å²) in [6, 6.07) is 116. The van der Waals surface area contributed by atoms with Gasteiger partial charge < -0.3 is 22.7 Å². The molecule has 14 aromatic carbocycles. The first-order chi connectivity index (χ1) is 46.1. The minimum absolute atomic E-state index is 0.317. The summed E-state index contributed by atoms with van der Waals surface area (Å²) < 4.78 is 17.0. The molecule has 0 amide bonds. The Morgan fingerprint density at radius 2 is 0.548 bits per heavy atom. The molecule has 5 heterocycles. The van der Waals surface area contributed by atoms with Crippen molar-refractivity contribution in [2.24, 2.45) is 0 Å². The van der Waals surface area contributed by atoms with Gasteiger partial charge in [-0.2, -0.15) is 5.26 Å². The molecule has 432 valence electrons. The number of hydrogen-bond acceptors (Lipinski definition) is 3. The van der Waals surface area contributed by atoms with Crippen molar-refractivity contribution in [2.45, 2.75) is 0 Å². The molecular formula is C86H52N6O. The first-order valence-electron chi connectivity index (χ1n) is 31.5. The summed E-state index contributed by atoms with van der Waals surface area (Å²) in [7, 11) is 0. The number of benzene rings is 14. The minimum Gasteiger partial charge on any atom is -0.436 e. The highest BCUT2D eigenvalue weighted by Crippen LogP contribution is 2.53. The van der Waals surface area contributed by atoms with Crippen molar-refractivity contribution in [2.75, 3.05) is 0 Å². The molecule has 0 saturated heterocycles. The maximum atomic E-state index is 13.1. The molecule has 7 heteroatoms. The number of nitriles is 1. The van der Waals surface area contributed by atoms with Gasteiger partial charge >= 0.3 is 0 Å². The van der Waals surface area contributed by atoms with Crippen LogP contribution in [0.2, 0.25) is 0 Å². The molecule has 0 aliphatic carbocycles. The van der Waals surface area contributed by atoms with Gasteiger partial charge in [0, 0.05) is 43.1 Å². The number of aromatic nitrogens is 5. The molecule has 0 fully saturated rings. The van der Waals surface area contributed by atoms with E-state index in [1.807, 2.05) is 24.3 Å². The van der Waals surface area contributed by atoms with Gasteiger partial charge in [0.05, 0.1) is 78.0 Å². The maximum Gasteiger partial charge on any atom is 0.230 e. The average molecular weight is 1190 g/mol. The zero-order valence-corrected chi connectivity index (χ0v) is 50.1. The standard InChI is InChI=1S/C86H52N6O/c87-53-70-81(86-88-71-35-17-22-40-80(71)93-86)83(90-73-37-19-14-32-63(73)67-50-59(42-46-77(67)90)55-25-7-2-8-26-55)85(92-75-39-21-16-34-65(75)69-52-61(44-48-79(69)92)57-29-11-4-12-30-57)84(91-74-38-20-15-33-64(74)68-51-60(43-47-78(68)91)56-27-9-3-10-28-56)82(70)89-72-36-18-13-31-62(72)66-49-58(41-45-76(66)89)54-23-5-1-6-24-54/h1-52H. The molecule has 93 heavy (non-hydrogen) atoms. The molecule has 0 aliphatic heterocycles. The number of oxazole rings is 1. The fourth-order valence-electron chi connectivity index (χ4n) is 14.9. The first kappa shape index (κ1) is 52.2. The van der Waals surface area contributed by atoms with E-state index in [0.29, 0.717) is 33.8 Å². The van der Waals surface area contributed by atoms with Crippen molar-refractivity contribution < 1.29 is 4.42 Å². The monoisotopic (exact) mass is 1180 g/mol. The average Bonchev–Trinajstić information content (AvgIpc) is 1.58. The Bertz CT molecular complexity index is 6260. The van der Waals surface area contributed by atoms with E-state index in [4.69, 9.17) is 9.40 Å². The van der Waals surface area contributed by atoms with Gasteiger partial charge in [0.25, 0.3) is 0 Å². The molecule has 0 saturated carbocycles. The number of rotatable bonds is 9.